The average Bonchev–Trinajstić information content (AvgIpc) is 3.08. The van der Waals surface area contributed by atoms with Gasteiger partial charge in [-0.1, -0.05) is 12.1 Å². The Hall–Kier alpha value is -2.96. The molecule has 1 aliphatic heterocycles. The first-order valence-corrected chi connectivity index (χ1v) is 7.99. The van der Waals surface area contributed by atoms with E-state index in [4.69, 9.17) is 14.2 Å². The standard InChI is InChI=1S/C18H19FN2O4/c19-14-3-1-13(2-4-14)7-8-20-18(22)21-9-10-23-15-5-6-16-17(11-15)25-12-24-16/h1-6,11H,7-10,12H2,(H2,20,21,22). The van der Waals surface area contributed by atoms with E-state index in [-0.39, 0.29) is 18.6 Å². The fourth-order valence-corrected chi connectivity index (χ4v) is 2.33. The molecule has 2 amide bonds. The maximum Gasteiger partial charge on any atom is 0.314 e. The number of hydrogen-bond acceptors (Lipinski definition) is 4. The van der Waals surface area contributed by atoms with Crippen molar-refractivity contribution < 1.29 is 23.4 Å². The van der Waals surface area contributed by atoms with Crippen molar-refractivity contribution in [3.05, 3.63) is 53.8 Å². The molecule has 0 fully saturated rings. The van der Waals surface area contributed by atoms with Crippen molar-refractivity contribution in [1.29, 1.82) is 0 Å². The molecule has 7 heteroatoms. The molecule has 132 valence electrons. The van der Waals surface area contributed by atoms with Gasteiger partial charge in [0.05, 0.1) is 6.54 Å². The Balaban J connectivity index is 1.29. The van der Waals surface area contributed by atoms with Crippen LogP contribution in [-0.2, 0) is 6.42 Å². The molecule has 2 N–H and O–H groups in total. The number of halogens is 1. The number of hydrogen-bond donors (Lipinski definition) is 2. The molecule has 1 heterocycles. The lowest BCUT2D eigenvalue weighted by Crippen LogP contribution is -2.38. The number of amides is 2. The first-order chi connectivity index (χ1) is 12.2. The lowest BCUT2D eigenvalue weighted by atomic mass is 10.1. The van der Waals surface area contributed by atoms with Crippen LogP contribution in [0.3, 0.4) is 0 Å². The molecular formula is C18H19FN2O4. The number of carbonyl (C=O) groups is 1. The minimum Gasteiger partial charge on any atom is -0.492 e. The molecule has 1 aliphatic rings. The van der Waals surface area contributed by atoms with E-state index in [2.05, 4.69) is 10.6 Å². The first kappa shape index (κ1) is 16.9. The fourth-order valence-electron chi connectivity index (χ4n) is 2.33. The second kappa shape index (κ2) is 8.23. The number of ether oxygens (including phenoxy) is 3. The summed E-state index contributed by atoms with van der Waals surface area (Å²) in [4.78, 5) is 11.7. The third-order valence-electron chi connectivity index (χ3n) is 3.61. The number of fused-ring (bicyclic) bond motifs is 1. The summed E-state index contributed by atoms with van der Waals surface area (Å²) >= 11 is 0. The summed E-state index contributed by atoms with van der Waals surface area (Å²) in [5.74, 6) is 1.75. The Kier molecular flexibility index (Phi) is 5.56. The molecule has 0 aliphatic carbocycles. The van der Waals surface area contributed by atoms with Crippen molar-refractivity contribution in [2.45, 2.75) is 6.42 Å². The number of benzene rings is 2. The molecule has 3 rings (SSSR count). The summed E-state index contributed by atoms with van der Waals surface area (Å²) in [6, 6.07) is 11.3. The van der Waals surface area contributed by atoms with Gasteiger partial charge in [0.15, 0.2) is 11.5 Å². The summed E-state index contributed by atoms with van der Waals surface area (Å²) in [7, 11) is 0. The molecule has 0 radical (unpaired) electrons. The molecule has 0 spiro atoms. The van der Waals surface area contributed by atoms with Gasteiger partial charge in [-0.15, -0.1) is 0 Å². The Morgan fingerprint density at radius 1 is 1.04 bits per heavy atom. The molecule has 0 aromatic heterocycles. The van der Waals surface area contributed by atoms with Crippen LogP contribution in [0.4, 0.5) is 9.18 Å². The maximum atomic E-state index is 12.8. The first-order valence-electron chi connectivity index (χ1n) is 7.99. The predicted molar refractivity (Wildman–Crippen MR) is 89.6 cm³/mol. The van der Waals surface area contributed by atoms with E-state index in [1.807, 2.05) is 0 Å². The SMILES string of the molecule is O=C(NCCOc1ccc2c(c1)OCO2)NCCc1ccc(F)cc1. The summed E-state index contributed by atoms with van der Waals surface area (Å²) < 4.78 is 28.8. The number of urea groups is 1. The molecule has 6 nitrogen and oxygen atoms in total. The Labute approximate surface area is 144 Å². The topological polar surface area (TPSA) is 68.8 Å². The normalized spacial score (nSPS) is 11.9. The maximum absolute atomic E-state index is 12.8. The van der Waals surface area contributed by atoms with Gasteiger partial charge in [-0.3, -0.25) is 0 Å². The van der Waals surface area contributed by atoms with E-state index in [1.165, 1.54) is 12.1 Å². The van der Waals surface area contributed by atoms with Crippen molar-refractivity contribution in [3.63, 3.8) is 0 Å². The van der Waals surface area contributed by atoms with Gasteiger partial charge < -0.3 is 24.8 Å². The van der Waals surface area contributed by atoms with Crippen molar-refractivity contribution in [1.82, 2.24) is 10.6 Å². The summed E-state index contributed by atoms with van der Waals surface area (Å²) in [6.07, 6.45) is 0.640. The highest BCUT2D eigenvalue weighted by atomic mass is 19.1. The third-order valence-corrected chi connectivity index (χ3v) is 3.61. The van der Waals surface area contributed by atoms with Crippen LogP contribution < -0.4 is 24.8 Å². The highest BCUT2D eigenvalue weighted by Crippen LogP contribution is 2.34. The van der Waals surface area contributed by atoms with Gasteiger partial charge in [0.2, 0.25) is 6.79 Å². The van der Waals surface area contributed by atoms with Gasteiger partial charge in [0.1, 0.15) is 18.2 Å². The van der Waals surface area contributed by atoms with E-state index in [0.717, 1.165) is 5.56 Å². The second-order valence-electron chi connectivity index (χ2n) is 5.42. The van der Waals surface area contributed by atoms with Crippen LogP contribution in [0.25, 0.3) is 0 Å². The summed E-state index contributed by atoms with van der Waals surface area (Å²) in [5.41, 5.74) is 0.966. The summed E-state index contributed by atoms with van der Waals surface area (Å²) in [6.45, 7) is 1.40. The molecule has 2 aromatic rings. The van der Waals surface area contributed by atoms with E-state index in [1.54, 1.807) is 30.3 Å². The zero-order valence-corrected chi connectivity index (χ0v) is 13.6. The highest BCUT2D eigenvalue weighted by Gasteiger charge is 2.13. The minimum atomic E-state index is -0.267. The molecule has 2 aromatic carbocycles. The molecular weight excluding hydrogens is 327 g/mol. The zero-order chi connectivity index (χ0) is 17.5. The van der Waals surface area contributed by atoms with Crippen molar-refractivity contribution >= 4 is 6.03 Å². The van der Waals surface area contributed by atoms with E-state index in [9.17, 15) is 9.18 Å². The smallest absolute Gasteiger partial charge is 0.314 e. The number of rotatable bonds is 7. The Morgan fingerprint density at radius 3 is 2.64 bits per heavy atom. The van der Waals surface area contributed by atoms with Crippen LogP contribution in [0.15, 0.2) is 42.5 Å². The molecule has 25 heavy (non-hydrogen) atoms. The van der Waals surface area contributed by atoms with Crippen molar-refractivity contribution in [2.75, 3.05) is 26.5 Å². The van der Waals surface area contributed by atoms with Crippen LogP contribution in [0, 0.1) is 5.82 Å². The summed E-state index contributed by atoms with van der Waals surface area (Å²) in [5, 5.41) is 5.45. The lowest BCUT2D eigenvalue weighted by molar-refractivity contribution is 0.173. The van der Waals surface area contributed by atoms with E-state index >= 15 is 0 Å². The molecule has 0 bridgehead atoms. The number of carbonyl (C=O) groups excluding carboxylic acids is 1. The highest BCUT2D eigenvalue weighted by molar-refractivity contribution is 5.73. The minimum absolute atomic E-state index is 0.221. The van der Waals surface area contributed by atoms with Gasteiger partial charge in [0, 0.05) is 12.6 Å². The molecule has 0 atom stereocenters. The zero-order valence-electron chi connectivity index (χ0n) is 13.6. The van der Waals surface area contributed by atoms with Crippen LogP contribution in [0.5, 0.6) is 17.2 Å². The average molecular weight is 346 g/mol. The molecule has 0 saturated heterocycles. The Morgan fingerprint density at radius 2 is 1.80 bits per heavy atom. The van der Waals surface area contributed by atoms with Crippen LogP contribution >= 0.6 is 0 Å². The quantitative estimate of drug-likeness (QED) is 0.756. The largest absolute Gasteiger partial charge is 0.492 e. The predicted octanol–water partition coefficient (Wildman–Crippen LogP) is 2.48. The van der Waals surface area contributed by atoms with Gasteiger partial charge in [0.25, 0.3) is 0 Å². The van der Waals surface area contributed by atoms with Crippen molar-refractivity contribution in [3.8, 4) is 17.2 Å². The van der Waals surface area contributed by atoms with Gasteiger partial charge in [-0.25, -0.2) is 9.18 Å². The second-order valence-corrected chi connectivity index (χ2v) is 5.42. The molecule has 0 saturated carbocycles. The monoisotopic (exact) mass is 346 g/mol. The number of nitrogens with one attached hydrogen (secondary N) is 2. The van der Waals surface area contributed by atoms with E-state index in [0.29, 0.717) is 43.4 Å². The van der Waals surface area contributed by atoms with Gasteiger partial charge >= 0.3 is 6.03 Å². The van der Waals surface area contributed by atoms with Gasteiger partial charge in [-0.2, -0.15) is 0 Å². The van der Waals surface area contributed by atoms with Crippen LogP contribution in [0.2, 0.25) is 0 Å². The fraction of sp³-hybridized carbons (Fsp3) is 0.278. The third kappa shape index (κ3) is 5.00. The van der Waals surface area contributed by atoms with Crippen molar-refractivity contribution in [2.24, 2.45) is 0 Å². The van der Waals surface area contributed by atoms with Crippen LogP contribution in [-0.4, -0.2) is 32.5 Å². The van der Waals surface area contributed by atoms with Gasteiger partial charge in [-0.05, 0) is 36.2 Å². The van der Waals surface area contributed by atoms with E-state index < -0.39 is 0 Å². The Bertz CT molecular complexity index is 722. The molecule has 0 unspecified atom stereocenters. The lowest BCUT2D eigenvalue weighted by Gasteiger charge is -2.09. The van der Waals surface area contributed by atoms with Crippen LogP contribution in [0.1, 0.15) is 5.56 Å².